The summed E-state index contributed by atoms with van der Waals surface area (Å²) in [6, 6.07) is 55.4. The third-order valence-corrected chi connectivity index (χ3v) is 10.6. The number of benzene rings is 6. The van der Waals surface area contributed by atoms with Crippen LogP contribution < -0.4 is 14.7 Å². The minimum absolute atomic E-state index is 0. The summed E-state index contributed by atoms with van der Waals surface area (Å²) in [6.07, 6.45) is 1.93. The van der Waals surface area contributed by atoms with Gasteiger partial charge >= 0.3 is 21.1 Å². The second-order valence-corrected chi connectivity index (χ2v) is 14.4. The maximum Gasteiger partial charge on any atom is 2.00 e. The summed E-state index contributed by atoms with van der Waals surface area (Å²) in [5, 5.41) is 2.30. The molecule has 6 aromatic carbocycles. The summed E-state index contributed by atoms with van der Waals surface area (Å²) >= 11 is 0. The van der Waals surface area contributed by atoms with E-state index in [4.69, 9.17) is 4.98 Å². The molecule has 0 atom stereocenters. The molecule has 1 aliphatic heterocycles. The Kier molecular flexibility index (Phi) is 9.37. The Morgan fingerprint density at radius 3 is 2.20 bits per heavy atom. The molecular formula is C48H41N5Pt. The van der Waals surface area contributed by atoms with E-state index < -0.39 is 0 Å². The monoisotopic (exact) mass is 882 g/mol. The maximum absolute atomic E-state index is 5.00. The average molecular weight is 883 g/mol. The minimum atomic E-state index is 0. The van der Waals surface area contributed by atoms with E-state index in [0.29, 0.717) is 5.92 Å². The van der Waals surface area contributed by atoms with Crippen molar-refractivity contribution in [1.29, 1.82) is 0 Å². The van der Waals surface area contributed by atoms with Gasteiger partial charge in [-0.25, -0.2) is 4.98 Å². The normalized spacial score (nSPS) is 12.4. The van der Waals surface area contributed by atoms with Crippen LogP contribution in [0.5, 0.6) is 0 Å². The van der Waals surface area contributed by atoms with E-state index in [1.807, 2.05) is 6.20 Å². The van der Waals surface area contributed by atoms with Crippen molar-refractivity contribution in [3.63, 3.8) is 0 Å². The number of para-hydroxylation sites is 4. The Balaban J connectivity index is 0.00000413. The van der Waals surface area contributed by atoms with E-state index in [2.05, 4.69) is 200 Å². The fourth-order valence-electron chi connectivity index (χ4n) is 8.07. The van der Waals surface area contributed by atoms with Crippen molar-refractivity contribution in [3.05, 3.63) is 168 Å². The Bertz CT molecular complexity index is 2640. The summed E-state index contributed by atoms with van der Waals surface area (Å²) in [7, 11) is 2.14. The number of aryl methyl sites for hydroxylation is 2. The molecular weight excluding hydrogens is 842 g/mol. The molecule has 0 unspecified atom stereocenters. The molecule has 0 amide bonds. The van der Waals surface area contributed by atoms with Crippen molar-refractivity contribution in [2.24, 2.45) is 0 Å². The summed E-state index contributed by atoms with van der Waals surface area (Å²) in [6.45, 7) is 9.63. The predicted molar refractivity (Wildman–Crippen MR) is 222 cm³/mol. The summed E-state index contributed by atoms with van der Waals surface area (Å²) in [5.74, 6) is 1.27. The molecule has 0 radical (unpaired) electrons. The van der Waals surface area contributed by atoms with Crippen molar-refractivity contribution >= 4 is 55.9 Å². The second kappa shape index (κ2) is 14.3. The first kappa shape index (κ1) is 35.4. The molecule has 5 nitrogen and oxygen atoms in total. The topological polar surface area (TPSA) is 27.5 Å². The Morgan fingerprint density at radius 1 is 0.685 bits per heavy atom. The number of aromatic nitrogens is 2. The van der Waals surface area contributed by atoms with Crippen molar-refractivity contribution in [1.82, 2.24) is 9.55 Å². The van der Waals surface area contributed by atoms with Crippen LogP contribution in [-0.4, -0.2) is 23.3 Å². The van der Waals surface area contributed by atoms with E-state index in [0.717, 1.165) is 57.2 Å². The van der Waals surface area contributed by atoms with Gasteiger partial charge in [-0.2, -0.15) is 12.1 Å². The van der Waals surface area contributed by atoms with Crippen LogP contribution in [0.3, 0.4) is 0 Å². The number of pyridine rings is 1. The first-order valence-corrected chi connectivity index (χ1v) is 18.3. The molecule has 6 heteroatoms. The Hall–Kier alpha value is -5.64. The van der Waals surface area contributed by atoms with Gasteiger partial charge in [0.1, 0.15) is 5.82 Å². The average Bonchev–Trinajstić information content (AvgIpc) is 3.70. The molecule has 9 rings (SSSR count). The van der Waals surface area contributed by atoms with Crippen LogP contribution in [0, 0.1) is 26.0 Å². The first-order chi connectivity index (χ1) is 25.9. The number of nitrogens with zero attached hydrogens (tertiary/aromatic N) is 5. The molecule has 268 valence electrons. The maximum atomic E-state index is 5.00. The fourth-order valence-corrected chi connectivity index (χ4v) is 8.07. The fraction of sp³-hybridized carbons (Fsp3) is 0.146. The second-order valence-electron chi connectivity index (χ2n) is 14.4. The van der Waals surface area contributed by atoms with Gasteiger partial charge in [-0.1, -0.05) is 109 Å². The zero-order chi connectivity index (χ0) is 36.2. The molecule has 54 heavy (non-hydrogen) atoms. The van der Waals surface area contributed by atoms with Crippen LogP contribution in [0.4, 0.5) is 34.1 Å². The van der Waals surface area contributed by atoms with E-state index in [-0.39, 0.29) is 21.1 Å². The number of fused-ring (bicyclic) bond motifs is 4. The van der Waals surface area contributed by atoms with Crippen molar-refractivity contribution in [2.75, 3.05) is 28.4 Å². The number of rotatable bonds is 7. The van der Waals surface area contributed by atoms with Crippen LogP contribution in [0.25, 0.3) is 38.8 Å². The number of hydrogen-bond donors (Lipinski definition) is 0. The van der Waals surface area contributed by atoms with Gasteiger partial charge in [-0.3, -0.25) is 0 Å². The SMILES string of the molecule is Cc1cccc(C)c1N(c1[c-]c(N2CN(C)c3ccccc32)ccc1)c1[c-]c2c(cc1)c1ccccc1n2-c1cc(-c2ccccc2C(C)C)ccn1.[Pt+2]. The van der Waals surface area contributed by atoms with Gasteiger partial charge in [0.25, 0.3) is 0 Å². The van der Waals surface area contributed by atoms with Crippen molar-refractivity contribution < 1.29 is 21.1 Å². The first-order valence-electron chi connectivity index (χ1n) is 18.3. The summed E-state index contributed by atoms with van der Waals surface area (Å²) < 4.78 is 2.27. The van der Waals surface area contributed by atoms with Crippen LogP contribution >= 0.6 is 0 Å². The summed E-state index contributed by atoms with van der Waals surface area (Å²) in [5.41, 5.74) is 14.6. The van der Waals surface area contributed by atoms with Gasteiger partial charge in [0, 0.05) is 24.4 Å². The van der Waals surface area contributed by atoms with Crippen molar-refractivity contribution in [2.45, 2.75) is 33.6 Å². The third-order valence-electron chi connectivity index (χ3n) is 10.6. The van der Waals surface area contributed by atoms with Gasteiger partial charge in [-0.15, -0.1) is 35.7 Å². The summed E-state index contributed by atoms with van der Waals surface area (Å²) in [4.78, 5) is 11.9. The zero-order valence-corrected chi connectivity index (χ0v) is 33.4. The smallest absolute Gasteiger partial charge is 0.358 e. The van der Waals surface area contributed by atoms with E-state index in [1.165, 1.54) is 39.0 Å². The molecule has 0 saturated carbocycles. The van der Waals surface area contributed by atoms with Gasteiger partial charge < -0.3 is 19.3 Å². The van der Waals surface area contributed by atoms with Crippen LogP contribution in [0.1, 0.15) is 36.5 Å². The molecule has 0 N–H and O–H groups in total. The standard InChI is InChI=1S/C48H41N5.Pt/c1-32(2)39-18-6-7-19-40(39)35-26-27-49-47(28-35)53-43-21-9-8-20-41(43)42-25-24-38(30-46(42)53)52(48-33(3)14-12-15-34(48)4)37-17-13-16-36(29-37)51-31-50(5)44-22-10-11-23-45(44)51;/h6-28,32H,31H2,1-5H3;/q-2;+2. The largest absolute Gasteiger partial charge is 2.00 e. The predicted octanol–water partition coefficient (Wildman–Crippen LogP) is 12.2. The molecule has 2 aromatic heterocycles. The molecule has 0 fully saturated rings. The number of anilines is 6. The molecule has 0 saturated heterocycles. The van der Waals surface area contributed by atoms with Crippen molar-refractivity contribution in [3.8, 4) is 16.9 Å². The molecule has 1 aliphatic rings. The molecule has 0 bridgehead atoms. The van der Waals surface area contributed by atoms with Gasteiger partial charge in [0.2, 0.25) is 0 Å². The molecule has 8 aromatic rings. The quantitative estimate of drug-likeness (QED) is 0.149. The van der Waals surface area contributed by atoms with Crippen LogP contribution in [0.15, 0.2) is 140 Å². The van der Waals surface area contributed by atoms with E-state index in [1.54, 1.807) is 0 Å². The van der Waals surface area contributed by atoms with Gasteiger partial charge in [-0.05, 0) is 83.3 Å². The number of hydrogen-bond acceptors (Lipinski definition) is 4. The van der Waals surface area contributed by atoms with Gasteiger partial charge in [0.15, 0.2) is 0 Å². The third kappa shape index (κ3) is 5.97. The Labute approximate surface area is 332 Å². The molecule has 0 aliphatic carbocycles. The van der Waals surface area contributed by atoms with Crippen LogP contribution in [0.2, 0.25) is 0 Å². The minimum Gasteiger partial charge on any atom is -0.358 e. The molecule has 0 spiro atoms. The van der Waals surface area contributed by atoms with E-state index in [9.17, 15) is 0 Å². The van der Waals surface area contributed by atoms with Gasteiger partial charge in [0.05, 0.1) is 18.0 Å². The Morgan fingerprint density at radius 2 is 1.39 bits per heavy atom. The molecule has 3 heterocycles. The van der Waals surface area contributed by atoms with Crippen LogP contribution in [-0.2, 0) is 21.1 Å². The zero-order valence-electron chi connectivity index (χ0n) is 31.1. The van der Waals surface area contributed by atoms with E-state index >= 15 is 0 Å².